The minimum Gasteiger partial charge on any atom is -0.363 e. The third-order valence-electron chi connectivity index (χ3n) is 3.81. The highest BCUT2D eigenvalue weighted by molar-refractivity contribution is 5.38. The van der Waals surface area contributed by atoms with Crippen LogP contribution < -0.4 is 0 Å². The van der Waals surface area contributed by atoms with Crippen LogP contribution in [-0.4, -0.2) is 11.6 Å². The first kappa shape index (κ1) is 11.4. The second-order valence-corrected chi connectivity index (χ2v) is 5.43. The average molecular weight is 239 g/mol. The highest BCUT2D eigenvalue weighted by Crippen LogP contribution is 2.54. The Bertz CT molecular complexity index is 494. The lowest BCUT2D eigenvalue weighted by Gasteiger charge is -2.55. The minimum absolute atomic E-state index is 0.0582. The maximum Gasteiger partial charge on any atom is 0.142 e. The van der Waals surface area contributed by atoms with E-state index in [1.165, 1.54) is 5.56 Å². The number of hydrogen-bond acceptors (Lipinski definition) is 2. The Morgan fingerprint density at radius 2 is 1.72 bits per heavy atom. The molecule has 0 amide bonds. The Morgan fingerprint density at radius 3 is 2.22 bits per heavy atom. The average Bonchev–Trinajstić information content (AvgIpc) is 2.41. The zero-order valence-corrected chi connectivity index (χ0v) is 10.8. The molecule has 1 fully saturated rings. The smallest absolute Gasteiger partial charge is 0.142 e. The lowest BCUT2D eigenvalue weighted by Crippen LogP contribution is -2.58. The summed E-state index contributed by atoms with van der Waals surface area (Å²) >= 11 is 0. The van der Waals surface area contributed by atoms with Crippen LogP contribution in [0.1, 0.15) is 25.1 Å². The second-order valence-electron chi connectivity index (χ2n) is 5.43. The number of nitrogens with zero attached hydrogens (tertiary/aromatic N) is 1. The number of pyridine rings is 1. The van der Waals surface area contributed by atoms with E-state index in [0.29, 0.717) is 0 Å². The van der Waals surface area contributed by atoms with E-state index in [2.05, 4.69) is 43.1 Å². The minimum atomic E-state index is -0.407. The van der Waals surface area contributed by atoms with Gasteiger partial charge in [-0.1, -0.05) is 50.2 Å². The van der Waals surface area contributed by atoms with E-state index in [1.807, 2.05) is 30.5 Å². The van der Waals surface area contributed by atoms with Crippen LogP contribution in [0.25, 0.3) is 0 Å². The van der Waals surface area contributed by atoms with Gasteiger partial charge in [0.2, 0.25) is 0 Å². The highest BCUT2D eigenvalue weighted by atomic mass is 16.5. The Labute approximate surface area is 108 Å². The molecule has 1 aliphatic heterocycles. The van der Waals surface area contributed by atoms with Crippen LogP contribution in [0.5, 0.6) is 0 Å². The van der Waals surface area contributed by atoms with Gasteiger partial charge < -0.3 is 4.74 Å². The Kier molecular flexibility index (Phi) is 2.49. The monoisotopic (exact) mass is 239 g/mol. The van der Waals surface area contributed by atoms with Gasteiger partial charge in [0, 0.05) is 11.6 Å². The molecule has 0 spiro atoms. The highest BCUT2D eigenvalue weighted by Gasteiger charge is 2.58. The van der Waals surface area contributed by atoms with E-state index in [4.69, 9.17) is 4.74 Å². The van der Waals surface area contributed by atoms with Crippen molar-refractivity contribution >= 4 is 0 Å². The maximum absolute atomic E-state index is 6.04. The summed E-state index contributed by atoms with van der Waals surface area (Å²) in [5.41, 5.74) is 1.82. The zero-order valence-electron chi connectivity index (χ0n) is 10.8. The van der Waals surface area contributed by atoms with Crippen molar-refractivity contribution < 1.29 is 4.74 Å². The topological polar surface area (TPSA) is 22.1 Å². The first-order valence-corrected chi connectivity index (χ1v) is 6.28. The summed E-state index contributed by atoms with van der Waals surface area (Å²) in [7, 11) is 0. The van der Waals surface area contributed by atoms with Crippen molar-refractivity contribution in [1.29, 1.82) is 0 Å². The molecule has 2 heteroatoms. The molecule has 3 rings (SSSR count). The Balaban J connectivity index is 2.18. The molecular weight excluding hydrogens is 222 g/mol. The van der Waals surface area contributed by atoms with E-state index >= 15 is 0 Å². The molecule has 1 aliphatic rings. The van der Waals surface area contributed by atoms with Gasteiger partial charge in [-0.3, -0.25) is 4.98 Å². The fraction of sp³-hybridized carbons (Fsp3) is 0.312. The summed E-state index contributed by atoms with van der Waals surface area (Å²) in [6.07, 6.45) is 1.83. The normalized spacial score (nSPS) is 25.4. The van der Waals surface area contributed by atoms with Crippen LogP contribution >= 0.6 is 0 Å². The molecule has 18 heavy (non-hydrogen) atoms. The predicted octanol–water partition coefficient (Wildman–Crippen LogP) is 3.38. The lowest BCUT2D eigenvalue weighted by atomic mass is 9.65. The standard InChI is InChI=1S/C16H17NO/c1-15(2)12-18-16(15,13-8-4-3-5-9-13)14-10-6-7-11-17-14/h3-11H,12H2,1-2H3. The quantitative estimate of drug-likeness (QED) is 0.801. The number of ether oxygens (including phenoxy) is 1. The molecule has 2 aromatic rings. The SMILES string of the molecule is CC1(C)COC1(c1ccccc1)c1ccccn1. The van der Waals surface area contributed by atoms with Crippen LogP contribution in [0.4, 0.5) is 0 Å². The Morgan fingerprint density at radius 1 is 1.00 bits per heavy atom. The van der Waals surface area contributed by atoms with Crippen LogP contribution in [-0.2, 0) is 10.3 Å². The van der Waals surface area contributed by atoms with Gasteiger partial charge in [-0.25, -0.2) is 0 Å². The van der Waals surface area contributed by atoms with Crippen molar-refractivity contribution in [2.24, 2.45) is 5.41 Å². The number of hydrogen-bond donors (Lipinski definition) is 0. The van der Waals surface area contributed by atoms with Gasteiger partial charge in [-0.2, -0.15) is 0 Å². The molecule has 0 radical (unpaired) electrons. The number of benzene rings is 1. The van der Waals surface area contributed by atoms with Gasteiger partial charge in [0.1, 0.15) is 5.60 Å². The van der Waals surface area contributed by atoms with Crippen LogP contribution in [0.15, 0.2) is 54.7 Å². The van der Waals surface area contributed by atoms with E-state index in [1.54, 1.807) is 0 Å². The van der Waals surface area contributed by atoms with Gasteiger partial charge in [-0.15, -0.1) is 0 Å². The van der Waals surface area contributed by atoms with Gasteiger partial charge in [-0.05, 0) is 17.7 Å². The van der Waals surface area contributed by atoms with Gasteiger partial charge in [0.15, 0.2) is 0 Å². The molecule has 1 saturated heterocycles. The van der Waals surface area contributed by atoms with E-state index in [0.717, 1.165) is 12.3 Å². The fourth-order valence-electron chi connectivity index (χ4n) is 2.79. The largest absolute Gasteiger partial charge is 0.363 e. The third kappa shape index (κ3) is 1.42. The lowest BCUT2D eigenvalue weighted by molar-refractivity contribution is -0.237. The summed E-state index contributed by atoms with van der Waals surface area (Å²) in [6, 6.07) is 16.4. The van der Waals surface area contributed by atoms with Crippen molar-refractivity contribution in [1.82, 2.24) is 4.98 Å². The second kappa shape index (κ2) is 3.92. The van der Waals surface area contributed by atoms with E-state index in [-0.39, 0.29) is 5.41 Å². The first-order valence-electron chi connectivity index (χ1n) is 6.28. The summed E-state index contributed by atoms with van der Waals surface area (Å²) in [5, 5.41) is 0. The summed E-state index contributed by atoms with van der Waals surface area (Å²) in [4.78, 5) is 4.52. The van der Waals surface area contributed by atoms with Crippen molar-refractivity contribution in [2.75, 3.05) is 6.61 Å². The van der Waals surface area contributed by atoms with E-state index in [9.17, 15) is 0 Å². The summed E-state index contributed by atoms with van der Waals surface area (Å²) < 4.78 is 6.04. The maximum atomic E-state index is 6.04. The van der Waals surface area contributed by atoms with Crippen LogP contribution in [0.3, 0.4) is 0 Å². The van der Waals surface area contributed by atoms with Crippen molar-refractivity contribution in [3.63, 3.8) is 0 Å². The molecule has 1 aromatic heterocycles. The summed E-state index contributed by atoms with van der Waals surface area (Å²) in [6.45, 7) is 5.23. The molecule has 0 saturated carbocycles. The molecular formula is C16H17NO. The molecule has 2 nitrogen and oxygen atoms in total. The molecule has 1 atom stereocenters. The van der Waals surface area contributed by atoms with Gasteiger partial charge >= 0.3 is 0 Å². The molecule has 92 valence electrons. The predicted molar refractivity (Wildman–Crippen MR) is 71.2 cm³/mol. The first-order chi connectivity index (χ1) is 8.67. The fourth-order valence-corrected chi connectivity index (χ4v) is 2.79. The number of aromatic nitrogens is 1. The molecule has 0 aliphatic carbocycles. The van der Waals surface area contributed by atoms with Crippen LogP contribution in [0, 0.1) is 5.41 Å². The number of rotatable bonds is 2. The van der Waals surface area contributed by atoms with Crippen molar-refractivity contribution in [2.45, 2.75) is 19.4 Å². The van der Waals surface area contributed by atoms with Crippen molar-refractivity contribution in [3.8, 4) is 0 Å². The molecule has 2 heterocycles. The van der Waals surface area contributed by atoms with Gasteiger partial charge in [0.05, 0.1) is 12.3 Å². The van der Waals surface area contributed by atoms with Crippen LogP contribution in [0.2, 0.25) is 0 Å². The van der Waals surface area contributed by atoms with Crippen molar-refractivity contribution in [3.05, 3.63) is 66.0 Å². The Hall–Kier alpha value is -1.67. The summed E-state index contributed by atoms with van der Waals surface area (Å²) in [5.74, 6) is 0. The molecule has 1 aromatic carbocycles. The molecule has 0 N–H and O–H groups in total. The molecule has 1 unspecified atom stereocenters. The zero-order chi connectivity index (χ0) is 12.6. The third-order valence-corrected chi connectivity index (χ3v) is 3.81. The van der Waals surface area contributed by atoms with Gasteiger partial charge in [0.25, 0.3) is 0 Å². The van der Waals surface area contributed by atoms with E-state index < -0.39 is 5.60 Å². The molecule has 0 bridgehead atoms.